The summed E-state index contributed by atoms with van der Waals surface area (Å²) in [7, 11) is 0. The molecule has 0 aliphatic carbocycles. The second kappa shape index (κ2) is 5.95. The van der Waals surface area contributed by atoms with Crippen molar-refractivity contribution in [1.29, 1.82) is 0 Å². The lowest BCUT2D eigenvalue weighted by Crippen LogP contribution is -2.30. The van der Waals surface area contributed by atoms with Gasteiger partial charge in [-0.05, 0) is 42.3 Å². The first-order chi connectivity index (χ1) is 8.04. The van der Waals surface area contributed by atoms with Crippen molar-refractivity contribution in [2.45, 2.75) is 22.6 Å². The minimum absolute atomic E-state index is 0.0797. The Labute approximate surface area is 135 Å². The van der Waals surface area contributed by atoms with Gasteiger partial charge in [0.1, 0.15) is 0 Å². The lowest BCUT2D eigenvalue weighted by Gasteiger charge is -2.28. The molecule has 18 heavy (non-hydrogen) atoms. The second-order valence-corrected chi connectivity index (χ2v) is 7.54. The molecule has 0 saturated heterocycles. The summed E-state index contributed by atoms with van der Waals surface area (Å²) in [4.78, 5) is 10.1. The van der Waals surface area contributed by atoms with Crippen LogP contribution >= 0.6 is 69.6 Å². The first-order valence-electron chi connectivity index (χ1n) is 4.78. The van der Waals surface area contributed by atoms with E-state index >= 15 is 0 Å². The zero-order valence-electron chi connectivity index (χ0n) is 9.12. The monoisotopic (exact) mass is 366 g/mol. The van der Waals surface area contributed by atoms with Gasteiger partial charge in [0, 0.05) is 16.5 Å². The highest BCUT2D eigenvalue weighted by molar-refractivity contribution is 6.78. The number of alkyl halides is 3. The lowest BCUT2D eigenvalue weighted by molar-refractivity contribution is -0.112. The van der Waals surface area contributed by atoms with Crippen LogP contribution in [0.2, 0.25) is 10.0 Å². The number of halogens is 6. The van der Waals surface area contributed by atoms with E-state index < -0.39 is 14.4 Å². The third-order valence-corrected chi connectivity index (χ3v) is 4.22. The third-order valence-electron chi connectivity index (χ3n) is 2.31. The third kappa shape index (κ3) is 4.33. The van der Waals surface area contributed by atoms with Gasteiger partial charge in [-0.25, -0.2) is 0 Å². The number of carbonyl (C=O) groups is 1. The Kier molecular flexibility index (Phi) is 5.51. The van der Waals surface area contributed by atoms with Gasteiger partial charge in [-0.2, -0.15) is 0 Å². The van der Waals surface area contributed by atoms with E-state index in [9.17, 15) is 4.79 Å². The zero-order chi connectivity index (χ0) is 14.1. The molecule has 0 saturated carbocycles. The summed E-state index contributed by atoms with van der Waals surface area (Å²) >= 11 is 35.1. The predicted molar refractivity (Wildman–Crippen MR) is 79.6 cm³/mol. The van der Waals surface area contributed by atoms with Gasteiger partial charge in [0.2, 0.25) is 0 Å². The molecule has 1 nitrogen and oxygen atoms in total. The molecule has 0 amide bonds. The van der Waals surface area contributed by atoms with E-state index in [-0.39, 0.29) is 6.42 Å². The van der Waals surface area contributed by atoms with Gasteiger partial charge in [0.25, 0.3) is 5.24 Å². The minimum atomic E-state index is -1.77. The summed E-state index contributed by atoms with van der Waals surface area (Å²) in [5.74, 6) is 0. The maximum Gasteiger partial charge on any atom is 0.257 e. The fourth-order valence-corrected chi connectivity index (χ4v) is 3.02. The van der Waals surface area contributed by atoms with Crippen molar-refractivity contribution in [3.63, 3.8) is 0 Å². The van der Waals surface area contributed by atoms with Crippen molar-refractivity contribution >= 4 is 74.8 Å². The Morgan fingerprint density at radius 2 is 1.56 bits per heavy atom. The number of rotatable bonds is 4. The van der Waals surface area contributed by atoms with E-state index in [4.69, 9.17) is 69.6 Å². The van der Waals surface area contributed by atoms with E-state index in [2.05, 4.69) is 0 Å². The predicted octanol–water partition coefficient (Wildman–Crippen LogP) is 5.78. The quantitative estimate of drug-likeness (QED) is 0.486. The number of hydrogen-bond donors (Lipinski definition) is 0. The van der Waals surface area contributed by atoms with Crippen LogP contribution in [0.25, 0.3) is 0 Å². The normalized spacial score (nSPS) is 15.3. The highest BCUT2D eigenvalue weighted by Crippen LogP contribution is 2.43. The molecule has 1 aromatic carbocycles. The molecule has 1 aromatic rings. The Hall–Kier alpha value is 0.630. The first kappa shape index (κ1) is 16.7. The smallest absolute Gasteiger partial charge is 0.257 e. The molecule has 0 spiro atoms. The molecule has 7 heteroatoms. The van der Waals surface area contributed by atoms with Gasteiger partial charge in [-0.15, -0.1) is 11.6 Å². The highest BCUT2D eigenvalue weighted by atomic mass is 35.5. The van der Waals surface area contributed by atoms with Crippen molar-refractivity contribution in [2.24, 2.45) is 0 Å². The average Bonchev–Trinajstić information content (AvgIpc) is 2.13. The van der Waals surface area contributed by atoms with Crippen molar-refractivity contribution in [3.05, 3.63) is 33.8 Å². The van der Waals surface area contributed by atoms with Gasteiger partial charge in [-0.1, -0.05) is 46.4 Å². The largest absolute Gasteiger partial charge is 0.278 e. The molecule has 1 rings (SSSR count). The van der Waals surface area contributed by atoms with Crippen LogP contribution in [0.1, 0.15) is 18.9 Å². The van der Waals surface area contributed by atoms with Gasteiger partial charge in [0.05, 0.1) is 4.87 Å². The summed E-state index contributed by atoms with van der Waals surface area (Å²) in [6.07, 6.45) is -0.0797. The van der Waals surface area contributed by atoms with Gasteiger partial charge in [-0.3, -0.25) is 4.79 Å². The van der Waals surface area contributed by atoms with Crippen LogP contribution in [-0.2, 0) is 9.67 Å². The molecule has 100 valence electrons. The maximum absolute atomic E-state index is 11.1. The molecule has 0 aliphatic heterocycles. The van der Waals surface area contributed by atoms with Crippen molar-refractivity contribution in [2.75, 3.05) is 0 Å². The molecular formula is C11H8Cl6O. The molecule has 1 atom stereocenters. The Morgan fingerprint density at radius 3 is 1.94 bits per heavy atom. The van der Waals surface area contributed by atoms with Crippen LogP contribution in [0.15, 0.2) is 18.2 Å². The summed E-state index contributed by atoms with van der Waals surface area (Å²) in [5, 5.41) is -0.0292. The molecule has 0 bridgehead atoms. The molecule has 0 aliphatic rings. The van der Waals surface area contributed by atoms with E-state index in [1.807, 2.05) is 0 Å². The van der Waals surface area contributed by atoms with E-state index in [1.54, 1.807) is 25.1 Å². The van der Waals surface area contributed by atoms with Crippen molar-refractivity contribution in [3.8, 4) is 0 Å². The summed E-state index contributed by atoms with van der Waals surface area (Å²) in [6, 6.07) is 4.83. The van der Waals surface area contributed by atoms with Crippen LogP contribution in [0.5, 0.6) is 0 Å². The zero-order valence-corrected chi connectivity index (χ0v) is 13.7. The maximum atomic E-state index is 11.1. The minimum Gasteiger partial charge on any atom is -0.278 e. The Bertz CT molecular complexity index is 448. The van der Waals surface area contributed by atoms with Gasteiger partial charge < -0.3 is 0 Å². The average molecular weight is 369 g/mol. The van der Waals surface area contributed by atoms with Crippen LogP contribution in [0, 0.1) is 0 Å². The number of carbonyl (C=O) groups excluding carboxylic acids is 1. The van der Waals surface area contributed by atoms with E-state index in [1.165, 1.54) is 0 Å². The van der Waals surface area contributed by atoms with Gasteiger partial charge >= 0.3 is 0 Å². The molecule has 0 radical (unpaired) electrons. The van der Waals surface area contributed by atoms with Crippen molar-refractivity contribution in [1.82, 2.24) is 0 Å². The van der Waals surface area contributed by atoms with Crippen LogP contribution in [0.3, 0.4) is 0 Å². The number of hydrogen-bond acceptors (Lipinski definition) is 1. The molecule has 0 fully saturated rings. The molecule has 0 heterocycles. The van der Waals surface area contributed by atoms with Crippen LogP contribution in [0.4, 0.5) is 0 Å². The van der Waals surface area contributed by atoms with E-state index in [0.717, 1.165) is 0 Å². The fraction of sp³-hybridized carbons (Fsp3) is 0.364. The molecule has 0 aromatic heterocycles. The Balaban J connectivity index is 3.09. The molecular weight excluding hydrogens is 361 g/mol. The van der Waals surface area contributed by atoms with Crippen molar-refractivity contribution < 1.29 is 4.79 Å². The van der Waals surface area contributed by atoms with Crippen LogP contribution < -0.4 is 0 Å². The Morgan fingerprint density at radius 1 is 1.11 bits per heavy atom. The summed E-state index contributed by atoms with van der Waals surface area (Å²) in [5.41, 5.74) is 0.602. The summed E-state index contributed by atoms with van der Waals surface area (Å²) < 4.78 is -1.77. The summed E-state index contributed by atoms with van der Waals surface area (Å²) in [6.45, 7) is 1.65. The lowest BCUT2D eigenvalue weighted by atomic mass is 9.95. The number of benzene rings is 1. The second-order valence-electron chi connectivity index (χ2n) is 4.01. The molecule has 0 N–H and O–H groups in total. The highest BCUT2D eigenvalue weighted by Gasteiger charge is 2.41. The standard InChI is InChI=1S/C11H8Cl6O/c1-10(15,5-11(16,17)9(14)18)6-2-7(12)4-8(13)3-6/h2-4H,5H2,1H3. The van der Waals surface area contributed by atoms with E-state index in [0.29, 0.717) is 15.6 Å². The SMILES string of the molecule is CC(Cl)(CC(Cl)(Cl)C(=O)Cl)c1cc(Cl)cc(Cl)c1. The fourth-order valence-electron chi connectivity index (χ4n) is 1.44. The topological polar surface area (TPSA) is 17.1 Å². The molecule has 1 unspecified atom stereocenters. The van der Waals surface area contributed by atoms with Gasteiger partial charge in [0.15, 0.2) is 4.33 Å². The van der Waals surface area contributed by atoms with Crippen LogP contribution in [-0.4, -0.2) is 9.58 Å². The first-order valence-corrected chi connectivity index (χ1v) is 7.04.